The summed E-state index contributed by atoms with van der Waals surface area (Å²) in [6.07, 6.45) is 0.126. The fraction of sp³-hybridized carbons (Fsp3) is 0.294. The second-order valence-electron chi connectivity index (χ2n) is 4.87. The van der Waals surface area contributed by atoms with Crippen molar-refractivity contribution in [3.63, 3.8) is 0 Å². The second kappa shape index (κ2) is 6.28. The summed E-state index contributed by atoms with van der Waals surface area (Å²) in [7, 11) is 0. The molecule has 0 bridgehead atoms. The zero-order valence-electron chi connectivity index (χ0n) is 11.8. The zero-order valence-corrected chi connectivity index (χ0v) is 11.8. The summed E-state index contributed by atoms with van der Waals surface area (Å²) in [6.45, 7) is 7.08. The lowest BCUT2D eigenvalue weighted by Gasteiger charge is -2.18. The van der Waals surface area contributed by atoms with E-state index in [4.69, 9.17) is 4.74 Å². The van der Waals surface area contributed by atoms with E-state index in [-0.39, 0.29) is 6.10 Å². The number of anilines is 1. The van der Waals surface area contributed by atoms with Crippen LogP contribution in [0, 0.1) is 13.8 Å². The van der Waals surface area contributed by atoms with Crippen molar-refractivity contribution in [1.82, 2.24) is 0 Å². The largest absolute Gasteiger partial charge is 0.489 e. The Morgan fingerprint density at radius 3 is 2.47 bits per heavy atom. The Morgan fingerprint density at radius 1 is 1.00 bits per heavy atom. The molecule has 2 aromatic rings. The molecule has 2 rings (SSSR count). The molecule has 0 aliphatic heterocycles. The molecule has 1 N–H and O–H groups in total. The van der Waals surface area contributed by atoms with Crippen molar-refractivity contribution < 1.29 is 4.74 Å². The van der Waals surface area contributed by atoms with E-state index in [1.54, 1.807) is 0 Å². The maximum absolute atomic E-state index is 5.99. The maximum atomic E-state index is 5.99. The molecule has 0 heterocycles. The average molecular weight is 255 g/mol. The van der Waals surface area contributed by atoms with Gasteiger partial charge in [-0.25, -0.2) is 0 Å². The highest BCUT2D eigenvalue weighted by Gasteiger charge is 2.07. The van der Waals surface area contributed by atoms with Gasteiger partial charge in [-0.1, -0.05) is 30.3 Å². The lowest BCUT2D eigenvalue weighted by Crippen LogP contribution is -2.23. The van der Waals surface area contributed by atoms with Crippen LogP contribution in [0.25, 0.3) is 0 Å². The van der Waals surface area contributed by atoms with Crippen LogP contribution in [0.4, 0.5) is 5.69 Å². The van der Waals surface area contributed by atoms with E-state index in [2.05, 4.69) is 44.3 Å². The van der Waals surface area contributed by atoms with Gasteiger partial charge < -0.3 is 10.1 Å². The number of hydrogen-bond donors (Lipinski definition) is 1. The summed E-state index contributed by atoms with van der Waals surface area (Å²) < 4.78 is 5.99. The molecule has 1 atom stereocenters. The van der Waals surface area contributed by atoms with Crippen LogP contribution >= 0.6 is 0 Å². The predicted molar refractivity (Wildman–Crippen MR) is 80.9 cm³/mol. The van der Waals surface area contributed by atoms with Crippen LogP contribution in [-0.4, -0.2) is 12.6 Å². The first-order valence-electron chi connectivity index (χ1n) is 6.68. The Kier molecular flexibility index (Phi) is 4.45. The lowest BCUT2D eigenvalue weighted by molar-refractivity contribution is 0.233. The van der Waals surface area contributed by atoms with Crippen LogP contribution in [-0.2, 0) is 0 Å². The number of para-hydroxylation sites is 1. The van der Waals surface area contributed by atoms with Crippen LogP contribution in [0.15, 0.2) is 48.5 Å². The van der Waals surface area contributed by atoms with Crippen LogP contribution in [0.5, 0.6) is 5.75 Å². The number of rotatable bonds is 5. The Balaban J connectivity index is 1.91. The monoisotopic (exact) mass is 255 g/mol. The molecule has 1 unspecified atom stereocenters. The van der Waals surface area contributed by atoms with E-state index in [0.717, 1.165) is 18.0 Å². The Bertz CT molecular complexity index is 522. The number of ether oxygens (including phenoxy) is 1. The number of nitrogens with one attached hydrogen (secondary N) is 1. The standard InChI is InChI=1S/C17H21NO/c1-13-8-7-11-17(15(13)3)19-14(2)12-18-16-9-5-4-6-10-16/h4-11,14,18H,12H2,1-3H3. The van der Waals surface area contributed by atoms with Crippen LogP contribution in [0.1, 0.15) is 18.1 Å². The van der Waals surface area contributed by atoms with E-state index < -0.39 is 0 Å². The smallest absolute Gasteiger partial charge is 0.122 e. The number of benzene rings is 2. The van der Waals surface area contributed by atoms with Crippen molar-refractivity contribution in [2.75, 3.05) is 11.9 Å². The Hall–Kier alpha value is -1.96. The summed E-state index contributed by atoms with van der Waals surface area (Å²) in [5.74, 6) is 0.974. The first-order valence-corrected chi connectivity index (χ1v) is 6.68. The summed E-state index contributed by atoms with van der Waals surface area (Å²) in [4.78, 5) is 0. The summed E-state index contributed by atoms with van der Waals surface area (Å²) in [6, 6.07) is 16.4. The average Bonchev–Trinajstić information content (AvgIpc) is 2.43. The van der Waals surface area contributed by atoms with Gasteiger partial charge in [0.1, 0.15) is 11.9 Å². The number of hydrogen-bond acceptors (Lipinski definition) is 2. The minimum Gasteiger partial charge on any atom is -0.489 e. The third-order valence-electron chi connectivity index (χ3n) is 3.25. The molecule has 2 nitrogen and oxygen atoms in total. The maximum Gasteiger partial charge on any atom is 0.122 e. The lowest BCUT2D eigenvalue weighted by atomic mass is 10.1. The van der Waals surface area contributed by atoms with Crippen molar-refractivity contribution in [3.05, 3.63) is 59.7 Å². The minimum absolute atomic E-state index is 0.126. The molecule has 0 saturated carbocycles. The fourth-order valence-electron chi connectivity index (χ4n) is 1.93. The molecular weight excluding hydrogens is 234 g/mol. The molecule has 0 saturated heterocycles. The molecule has 0 aliphatic carbocycles. The summed E-state index contributed by atoms with van der Waals surface area (Å²) >= 11 is 0. The molecule has 100 valence electrons. The van der Waals surface area contributed by atoms with Crippen LogP contribution in [0.2, 0.25) is 0 Å². The highest BCUT2D eigenvalue weighted by atomic mass is 16.5. The van der Waals surface area contributed by atoms with E-state index in [1.807, 2.05) is 30.3 Å². The van der Waals surface area contributed by atoms with Gasteiger partial charge in [-0.05, 0) is 50.1 Å². The molecular formula is C17H21NO. The van der Waals surface area contributed by atoms with Crippen molar-refractivity contribution in [2.45, 2.75) is 26.9 Å². The number of aryl methyl sites for hydroxylation is 1. The van der Waals surface area contributed by atoms with Gasteiger partial charge in [0.15, 0.2) is 0 Å². The summed E-state index contributed by atoms with van der Waals surface area (Å²) in [5, 5.41) is 3.37. The van der Waals surface area contributed by atoms with Gasteiger partial charge in [-0.2, -0.15) is 0 Å². The molecule has 2 aromatic carbocycles. The first kappa shape index (κ1) is 13.5. The van der Waals surface area contributed by atoms with Crippen molar-refractivity contribution in [1.29, 1.82) is 0 Å². The van der Waals surface area contributed by atoms with Crippen molar-refractivity contribution in [3.8, 4) is 5.75 Å². The fourth-order valence-corrected chi connectivity index (χ4v) is 1.93. The van der Waals surface area contributed by atoms with Gasteiger partial charge in [-0.15, -0.1) is 0 Å². The van der Waals surface area contributed by atoms with Gasteiger partial charge in [0.25, 0.3) is 0 Å². The molecule has 0 amide bonds. The van der Waals surface area contributed by atoms with E-state index >= 15 is 0 Å². The van der Waals surface area contributed by atoms with Gasteiger partial charge in [-0.3, -0.25) is 0 Å². The Labute approximate surface area is 115 Å². The summed E-state index contributed by atoms with van der Waals surface area (Å²) in [5.41, 5.74) is 3.61. The predicted octanol–water partition coefficient (Wildman–Crippen LogP) is 4.18. The molecule has 0 radical (unpaired) electrons. The highest BCUT2D eigenvalue weighted by Crippen LogP contribution is 2.21. The van der Waals surface area contributed by atoms with E-state index in [9.17, 15) is 0 Å². The molecule has 2 heteroatoms. The molecule has 19 heavy (non-hydrogen) atoms. The minimum atomic E-state index is 0.126. The highest BCUT2D eigenvalue weighted by molar-refractivity contribution is 5.42. The van der Waals surface area contributed by atoms with Crippen LogP contribution in [0.3, 0.4) is 0 Å². The normalized spacial score (nSPS) is 11.9. The van der Waals surface area contributed by atoms with Crippen LogP contribution < -0.4 is 10.1 Å². The molecule has 0 aromatic heterocycles. The van der Waals surface area contributed by atoms with Crippen molar-refractivity contribution in [2.24, 2.45) is 0 Å². The first-order chi connectivity index (χ1) is 9.16. The molecule has 0 fully saturated rings. The van der Waals surface area contributed by atoms with Gasteiger partial charge in [0.2, 0.25) is 0 Å². The van der Waals surface area contributed by atoms with Gasteiger partial charge >= 0.3 is 0 Å². The van der Waals surface area contributed by atoms with Gasteiger partial charge in [0, 0.05) is 5.69 Å². The topological polar surface area (TPSA) is 21.3 Å². The third-order valence-corrected chi connectivity index (χ3v) is 3.25. The van der Waals surface area contributed by atoms with Gasteiger partial charge in [0.05, 0.1) is 6.54 Å². The zero-order chi connectivity index (χ0) is 13.7. The Morgan fingerprint density at radius 2 is 1.74 bits per heavy atom. The molecule has 0 spiro atoms. The third kappa shape index (κ3) is 3.75. The second-order valence-corrected chi connectivity index (χ2v) is 4.87. The van der Waals surface area contributed by atoms with Crippen molar-refractivity contribution >= 4 is 5.69 Å². The molecule has 0 aliphatic rings. The quantitative estimate of drug-likeness (QED) is 0.865. The SMILES string of the molecule is Cc1cccc(OC(C)CNc2ccccc2)c1C. The van der Waals surface area contributed by atoms with E-state index in [0.29, 0.717) is 0 Å². The van der Waals surface area contributed by atoms with E-state index in [1.165, 1.54) is 11.1 Å².